The van der Waals surface area contributed by atoms with Crippen molar-refractivity contribution < 1.29 is 22.7 Å². The Kier molecular flexibility index (Phi) is 5.13. The molecular formula is C17H19F3N2O2S. The van der Waals surface area contributed by atoms with E-state index in [4.69, 9.17) is 17.0 Å². The number of esters is 1. The number of benzene rings is 1. The molecule has 1 aromatic carbocycles. The molecule has 0 fully saturated rings. The van der Waals surface area contributed by atoms with Gasteiger partial charge < -0.3 is 15.4 Å². The Morgan fingerprint density at radius 2 is 1.80 bits per heavy atom. The summed E-state index contributed by atoms with van der Waals surface area (Å²) >= 11 is 5.06. The minimum absolute atomic E-state index is 0.0697. The summed E-state index contributed by atoms with van der Waals surface area (Å²) in [4.78, 5) is 12.6. The first-order chi connectivity index (χ1) is 11.4. The van der Waals surface area contributed by atoms with Gasteiger partial charge in [0.25, 0.3) is 0 Å². The van der Waals surface area contributed by atoms with Gasteiger partial charge >= 0.3 is 12.1 Å². The third kappa shape index (κ3) is 4.50. The fraction of sp³-hybridized carbons (Fsp3) is 0.412. The molecular weight excluding hydrogens is 353 g/mol. The Morgan fingerprint density at radius 3 is 2.36 bits per heavy atom. The molecule has 2 N–H and O–H groups in total. The Balaban J connectivity index is 2.57. The lowest BCUT2D eigenvalue weighted by Gasteiger charge is -2.32. The number of halogens is 3. The fourth-order valence-corrected chi connectivity index (χ4v) is 2.81. The van der Waals surface area contributed by atoms with Crippen LogP contribution >= 0.6 is 12.2 Å². The van der Waals surface area contributed by atoms with Gasteiger partial charge in [-0.2, -0.15) is 13.2 Å². The van der Waals surface area contributed by atoms with E-state index in [9.17, 15) is 18.0 Å². The van der Waals surface area contributed by atoms with Crippen LogP contribution < -0.4 is 10.6 Å². The van der Waals surface area contributed by atoms with Crippen LogP contribution in [0, 0.1) is 0 Å². The topological polar surface area (TPSA) is 50.4 Å². The highest BCUT2D eigenvalue weighted by Crippen LogP contribution is 2.38. The molecule has 0 aromatic heterocycles. The van der Waals surface area contributed by atoms with E-state index in [2.05, 4.69) is 10.6 Å². The van der Waals surface area contributed by atoms with Crippen molar-refractivity contribution in [2.45, 2.75) is 45.5 Å². The Bertz CT molecular complexity index is 736. The summed E-state index contributed by atoms with van der Waals surface area (Å²) < 4.78 is 45.5. The van der Waals surface area contributed by atoms with Crippen molar-refractivity contribution in [2.24, 2.45) is 0 Å². The minimum Gasteiger partial charge on any atom is -0.456 e. The summed E-state index contributed by atoms with van der Waals surface area (Å²) in [7, 11) is 0. The molecule has 0 saturated carbocycles. The first-order valence-corrected chi connectivity index (χ1v) is 7.99. The van der Waals surface area contributed by atoms with E-state index in [0.717, 1.165) is 6.07 Å². The molecule has 0 aliphatic carbocycles. The van der Waals surface area contributed by atoms with Gasteiger partial charge in [0, 0.05) is 5.70 Å². The largest absolute Gasteiger partial charge is 0.456 e. The van der Waals surface area contributed by atoms with Crippen LogP contribution in [0.25, 0.3) is 0 Å². The number of alkyl halides is 3. The summed E-state index contributed by atoms with van der Waals surface area (Å²) in [5.41, 5.74) is -1.26. The molecule has 25 heavy (non-hydrogen) atoms. The van der Waals surface area contributed by atoms with Gasteiger partial charge in [0.2, 0.25) is 0 Å². The third-order valence-corrected chi connectivity index (χ3v) is 3.69. The Labute approximate surface area is 149 Å². The average Bonchev–Trinajstić information content (AvgIpc) is 2.43. The zero-order chi connectivity index (χ0) is 19.0. The van der Waals surface area contributed by atoms with Crippen molar-refractivity contribution in [2.75, 3.05) is 0 Å². The molecule has 1 aliphatic heterocycles. The van der Waals surface area contributed by atoms with Crippen molar-refractivity contribution in [3.8, 4) is 0 Å². The number of carbonyl (C=O) groups is 1. The number of thiocarbonyl (C=S) groups is 1. The first-order valence-electron chi connectivity index (χ1n) is 7.58. The summed E-state index contributed by atoms with van der Waals surface area (Å²) in [5, 5.41) is 5.67. The highest BCUT2D eigenvalue weighted by molar-refractivity contribution is 7.80. The number of hydrogen-bond donors (Lipinski definition) is 2. The van der Waals surface area contributed by atoms with Gasteiger partial charge in [-0.1, -0.05) is 18.2 Å². The van der Waals surface area contributed by atoms with E-state index in [-0.39, 0.29) is 16.2 Å². The fourth-order valence-electron chi connectivity index (χ4n) is 2.54. The standard InChI is InChI=1S/C17H19F3N2O2S/c1-9-12(14(23)24-16(2,3)4)13(22-15(25)21-9)10-7-5-6-8-11(10)17(18,19)20/h5-8,13H,1-4H3,(H2,21,22,25)/t13-/m1/s1. The van der Waals surface area contributed by atoms with Crippen molar-refractivity contribution in [3.63, 3.8) is 0 Å². The highest BCUT2D eigenvalue weighted by atomic mass is 32.1. The number of hydrogen-bond acceptors (Lipinski definition) is 3. The van der Waals surface area contributed by atoms with Gasteiger partial charge in [-0.05, 0) is 51.5 Å². The SMILES string of the molecule is CC1=C(C(=O)OC(C)(C)C)[C@@H](c2ccccc2C(F)(F)F)NC(=S)N1. The molecule has 1 atom stereocenters. The summed E-state index contributed by atoms with van der Waals surface area (Å²) in [6.45, 7) is 6.64. The molecule has 4 nitrogen and oxygen atoms in total. The number of ether oxygens (including phenoxy) is 1. The predicted molar refractivity (Wildman–Crippen MR) is 91.6 cm³/mol. The first kappa shape index (κ1) is 19.2. The van der Waals surface area contributed by atoms with Gasteiger partial charge in [-0.15, -0.1) is 0 Å². The van der Waals surface area contributed by atoms with Gasteiger partial charge in [-0.3, -0.25) is 0 Å². The molecule has 2 rings (SSSR count). The van der Waals surface area contributed by atoms with E-state index in [1.807, 2.05) is 0 Å². The molecule has 1 aromatic rings. The number of carbonyl (C=O) groups excluding carboxylic acids is 1. The number of nitrogens with one attached hydrogen (secondary N) is 2. The predicted octanol–water partition coefficient (Wildman–Crippen LogP) is 3.84. The van der Waals surface area contributed by atoms with E-state index in [1.165, 1.54) is 18.2 Å². The second-order valence-electron chi connectivity index (χ2n) is 6.66. The number of rotatable bonds is 2. The lowest BCUT2D eigenvalue weighted by Crippen LogP contribution is -2.46. The van der Waals surface area contributed by atoms with Gasteiger partial charge in [0.05, 0.1) is 17.2 Å². The van der Waals surface area contributed by atoms with Crippen LogP contribution in [0.2, 0.25) is 0 Å². The van der Waals surface area contributed by atoms with Crippen LogP contribution in [0.15, 0.2) is 35.5 Å². The van der Waals surface area contributed by atoms with Gasteiger partial charge in [0.15, 0.2) is 5.11 Å². The minimum atomic E-state index is -4.56. The third-order valence-electron chi connectivity index (χ3n) is 3.47. The van der Waals surface area contributed by atoms with Crippen molar-refractivity contribution in [3.05, 3.63) is 46.7 Å². The van der Waals surface area contributed by atoms with Crippen molar-refractivity contribution in [1.82, 2.24) is 10.6 Å². The molecule has 136 valence electrons. The summed E-state index contributed by atoms with van der Waals surface area (Å²) in [6.07, 6.45) is -4.56. The van der Waals surface area contributed by atoms with E-state index >= 15 is 0 Å². The number of allylic oxidation sites excluding steroid dienone is 1. The van der Waals surface area contributed by atoms with E-state index in [0.29, 0.717) is 5.70 Å². The molecule has 0 bridgehead atoms. The molecule has 0 spiro atoms. The second-order valence-corrected chi connectivity index (χ2v) is 7.07. The maximum atomic E-state index is 13.4. The van der Waals surface area contributed by atoms with Crippen LogP contribution in [0.5, 0.6) is 0 Å². The van der Waals surface area contributed by atoms with Gasteiger partial charge in [0.1, 0.15) is 5.60 Å². The zero-order valence-corrected chi connectivity index (χ0v) is 15.1. The Hall–Kier alpha value is -2.09. The van der Waals surface area contributed by atoms with Crippen LogP contribution in [0.4, 0.5) is 13.2 Å². The van der Waals surface area contributed by atoms with E-state index < -0.39 is 29.4 Å². The van der Waals surface area contributed by atoms with Crippen molar-refractivity contribution >= 4 is 23.3 Å². The molecule has 8 heteroatoms. The van der Waals surface area contributed by atoms with Crippen LogP contribution in [0.3, 0.4) is 0 Å². The average molecular weight is 372 g/mol. The summed E-state index contributed by atoms with van der Waals surface area (Å²) in [6, 6.07) is 4.03. The maximum absolute atomic E-state index is 13.4. The molecule has 0 radical (unpaired) electrons. The molecule has 0 amide bonds. The molecule has 1 heterocycles. The van der Waals surface area contributed by atoms with Crippen molar-refractivity contribution in [1.29, 1.82) is 0 Å². The smallest absolute Gasteiger partial charge is 0.416 e. The Morgan fingerprint density at radius 1 is 1.20 bits per heavy atom. The lowest BCUT2D eigenvalue weighted by atomic mass is 9.91. The van der Waals surface area contributed by atoms with Crippen LogP contribution in [0.1, 0.15) is 44.9 Å². The monoisotopic (exact) mass is 372 g/mol. The molecule has 0 unspecified atom stereocenters. The zero-order valence-electron chi connectivity index (χ0n) is 14.2. The van der Waals surface area contributed by atoms with E-state index in [1.54, 1.807) is 27.7 Å². The van der Waals surface area contributed by atoms with Gasteiger partial charge in [-0.25, -0.2) is 4.79 Å². The normalized spacial score (nSPS) is 18.5. The van der Waals surface area contributed by atoms with Crippen LogP contribution in [-0.2, 0) is 15.7 Å². The molecule has 0 saturated heterocycles. The second kappa shape index (κ2) is 6.67. The lowest BCUT2D eigenvalue weighted by molar-refractivity contribution is -0.150. The maximum Gasteiger partial charge on any atom is 0.416 e. The van der Waals surface area contributed by atoms with Crippen LogP contribution in [-0.4, -0.2) is 16.7 Å². The summed E-state index contributed by atoms with van der Waals surface area (Å²) in [5.74, 6) is -0.700. The molecule has 1 aliphatic rings. The quantitative estimate of drug-likeness (QED) is 0.610. The highest BCUT2D eigenvalue weighted by Gasteiger charge is 2.39.